The van der Waals surface area contributed by atoms with Crippen LogP contribution >= 0.6 is 0 Å². The predicted octanol–water partition coefficient (Wildman–Crippen LogP) is 1.41. The number of hydrogen-bond acceptors (Lipinski definition) is 5. The highest BCUT2D eigenvalue weighted by atomic mass is 16.5. The minimum Gasteiger partial charge on any atom is -0.385 e. The topological polar surface area (TPSA) is 64.9 Å². The van der Waals surface area contributed by atoms with Gasteiger partial charge < -0.3 is 10.1 Å². The van der Waals surface area contributed by atoms with Crippen LogP contribution < -0.4 is 5.32 Å². The van der Waals surface area contributed by atoms with Gasteiger partial charge in [-0.1, -0.05) is 13.8 Å². The van der Waals surface area contributed by atoms with Gasteiger partial charge in [0, 0.05) is 20.3 Å². The van der Waals surface area contributed by atoms with Crippen molar-refractivity contribution in [2.45, 2.75) is 46.2 Å². The molecule has 0 saturated carbocycles. The van der Waals surface area contributed by atoms with Crippen molar-refractivity contribution in [3.8, 4) is 0 Å². The molecule has 6 heteroatoms. The molecule has 0 bridgehead atoms. The second-order valence-electron chi connectivity index (χ2n) is 4.98. The van der Waals surface area contributed by atoms with E-state index in [9.17, 15) is 0 Å². The van der Waals surface area contributed by atoms with Gasteiger partial charge in [0.1, 0.15) is 0 Å². The summed E-state index contributed by atoms with van der Waals surface area (Å²) >= 11 is 0. The van der Waals surface area contributed by atoms with Crippen molar-refractivity contribution >= 4 is 0 Å². The van der Waals surface area contributed by atoms with E-state index in [4.69, 9.17) is 4.74 Å². The molecule has 0 saturated heterocycles. The number of rotatable bonds is 9. The number of aromatic nitrogens is 4. The van der Waals surface area contributed by atoms with Crippen LogP contribution in [0.25, 0.3) is 0 Å². The molecular weight excluding hydrogens is 230 g/mol. The van der Waals surface area contributed by atoms with Crippen LogP contribution in [-0.4, -0.2) is 40.5 Å². The molecule has 1 rings (SSSR count). The van der Waals surface area contributed by atoms with Crippen LogP contribution in [-0.2, 0) is 11.3 Å². The molecule has 104 valence electrons. The fourth-order valence-corrected chi connectivity index (χ4v) is 1.69. The van der Waals surface area contributed by atoms with E-state index in [1.807, 2.05) is 4.68 Å². The van der Waals surface area contributed by atoms with E-state index in [1.54, 1.807) is 7.11 Å². The summed E-state index contributed by atoms with van der Waals surface area (Å²) in [6.07, 6.45) is 2.06. The third-order valence-corrected chi connectivity index (χ3v) is 2.75. The molecule has 0 aliphatic rings. The van der Waals surface area contributed by atoms with Gasteiger partial charge in [0.25, 0.3) is 0 Å². The number of tetrazole rings is 1. The highest BCUT2D eigenvalue weighted by Gasteiger charge is 2.13. The maximum atomic E-state index is 5.03. The highest BCUT2D eigenvalue weighted by molar-refractivity contribution is 4.89. The Balaban J connectivity index is 2.42. The molecule has 0 fully saturated rings. The van der Waals surface area contributed by atoms with Crippen molar-refractivity contribution in [1.82, 2.24) is 25.5 Å². The van der Waals surface area contributed by atoms with E-state index < -0.39 is 0 Å². The van der Waals surface area contributed by atoms with Crippen molar-refractivity contribution in [1.29, 1.82) is 0 Å². The first-order chi connectivity index (χ1) is 8.65. The van der Waals surface area contributed by atoms with Gasteiger partial charge in [-0.3, -0.25) is 0 Å². The third-order valence-electron chi connectivity index (χ3n) is 2.75. The van der Waals surface area contributed by atoms with Crippen molar-refractivity contribution in [3.05, 3.63) is 5.82 Å². The average Bonchev–Trinajstić information content (AvgIpc) is 2.80. The van der Waals surface area contributed by atoms with E-state index in [2.05, 4.69) is 41.6 Å². The summed E-state index contributed by atoms with van der Waals surface area (Å²) < 4.78 is 6.91. The number of nitrogens with one attached hydrogen (secondary N) is 1. The predicted molar refractivity (Wildman–Crippen MR) is 70.2 cm³/mol. The van der Waals surface area contributed by atoms with Crippen LogP contribution in [0.1, 0.15) is 45.5 Å². The van der Waals surface area contributed by atoms with Crippen molar-refractivity contribution in [3.63, 3.8) is 0 Å². The molecule has 1 aromatic heterocycles. The molecule has 0 spiro atoms. The first kappa shape index (κ1) is 15.0. The minimum absolute atomic E-state index is 0.185. The Hall–Kier alpha value is -1.01. The first-order valence-electron chi connectivity index (χ1n) is 6.63. The first-order valence-corrected chi connectivity index (χ1v) is 6.63. The zero-order valence-electron chi connectivity index (χ0n) is 11.9. The zero-order valence-corrected chi connectivity index (χ0v) is 11.9. The van der Waals surface area contributed by atoms with Gasteiger partial charge in [-0.15, -0.1) is 5.10 Å². The maximum Gasteiger partial charge on any atom is 0.167 e. The summed E-state index contributed by atoms with van der Waals surface area (Å²) in [5.41, 5.74) is 0. The van der Waals surface area contributed by atoms with Gasteiger partial charge in [-0.25, -0.2) is 4.68 Å². The van der Waals surface area contributed by atoms with Crippen molar-refractivity contribution in [2.24, 2.45) is 5.92 Å². The van der Waals surface area contributed by atoms with Crippen LogP contribution in [0, 0.1) is 5.92 Å². The minimum atomic E-state index is 0.185. The van der Waals surface area contributed by atoms with Crippen LogP contribution in [0.5, 0.6) is 0 Å². The molecule has 1 N–H and O–H groups in total. The van der Waals surface area contributed by atoms with Gasteiger partial charge in [-0.2, -0.15) is 0 Å². The fourth-order valence-electron chi connectivity index (χ4n) is 1.69. The summed E-state index contributed by atoms with van der Waals surface area (Å²) in [7, 11) is 1.72. The van der Waals surface area contributed by atoms with E-state index in [0.717, 1.165) is 38.4 Å². The quantitative estimate of drug-likeness (QED) is 0.676. The lowest BCUT2D eigenvalue weighted by molar-refractivity contribution is 0.190. The number of aryl methyl sites for hydroxylation is 1. The molecule has 1 aromatic rings. The van der Waals surface area contributed by atoms with Gasteiger partial charge >= 0.3 is 0 Å². The molecule has 1 heterocycles. The third kappa shape index (κ3) is 5.10. The number of hydrogen-bond donors (Lipinski definition) is 1. The second kappa shape index (κ2) is 8.16. The second-order valence-corrected chi connectivity index (χ2v) is 4.98. The lowest BCUT2D eigenvalue weighted by Crippen LogP contribution is -2.26. The standard InChI is InChI=1S/C12H25N5O/c1-10(2)9-13-11(3)12-14-15-16-17(12)7-5-6-8-18-4/h10-11,13H,5-9H2,1-4H3. The van der Waals surface area contributed by atoms with Gasteiger partial charge in [0.05, 0.1) is 6.04 Å². The smallest absolute Gasteiger partial charge is 0.167 e. The fraction of sp³-hybridized carbons (Fsp3) is 0.917. The number of ether oxygens (including phenoxy) is 1. The molecule has 0 aliphatic heterocycles. The molecule has 0 amide bonds. The SMILES string of the molecule is COCCCCn1nnnc1C(C)NCC(C)C. The van der Waals surface area contributed by atoms with E-state index in [-0.39, 0.29) is 6.04 Å². The zero-order chi connectivity index (χ0) is 13.4. The number of methoxy groups -OCH3 is 1. The lowest BCUT2D eigenvalue weighted by Gasteiger charge is -2.15. The molecule has 0 aliphatic carbocycles. The Bertz CT molecular complexity index is 326. The van der Waals surface area contributed by atoms with Crippen LogP contribution in [0.15, 0.2) is 0 Å². The number of nitrogens with zero attached hydrogens (tertiary/aromatic N) is 4. The van der Waals surface area contributed by atoms with Gasteiger partial charge in [-0.05, 0) is 42.7 Å². The number of unbranched alkanes of at least 4 members (excludes halogenated alkanes) is 1. The Morgan fingerprint density at radius 2 is 2.06 bits per heavy atom. The molecule has 0 aromatic carbocycles. The van der Waals surface area contributed by atoms with E-state index in [0.29, 0.717) is 5.92 Å². The monoisotopic (exact) mass is 255 g/mol. The molecule has 18 heavy (non-hydrogen) atoms. The Morgan fingerprint density at radius 1 is 1.28 bits per heavy atom. The largest absolute Gasteiger partial charge is 0.385 e. The Labute approximate surface area is 109 Å². The molecule has 0 radical (unpaired) electrons. The Morgan fingerprint density at radius 3 is 2.72 bits per heavy atom. The summed E-state index contributed by atoms with van der Waals surface area (Å²) in [6.45, 7) is 9.08. The molecule has 1 atom stereocenters. The lowest BCUT2D eigenvalue weighted by atomic mass is 10.2. The van der Waals surface area contributed by atoms with Crippen molar-refractivity contribution < 1.29 is 4.74 Å². The van der Waals surface area contributed by atoms with Crippen LogP contribution in [0.4, 0.5) is 0 Å². The molecule has 6 nitrogen and oxygen atoms in total. The summed E-state index contributed by atoms with van der Waals surface area (Å²) in [4.78, 5) is 0. The maximum absolute atomic E-state index is 5.03. The molecular formula is C12H25N5O. The highest BCUT2D eigenvalue weighted by Crippen LogP contribution is 2.09. The van der Waals surface area contributed by atoms with Crippen LogP contribution in [0.3, 0.4) is 0 Å². The Kier molecular flexibility index (Phi) is 6.82. The summed E-state index contributed by atoms with van der Waals surface area (Å²) in [5, 5.41) is 15.3. The van der Waals surface area contributed by atoms with Crippen LogP contribution in [0.2, 0.25) is 0 Å². The summed E-state index contributed by atoms with van der Waals surface area (Å²) in [5.74, 6) is 1.53. The van der Waals surface area contributed by atoms with E-state index >= 15 is 0 Å². The summed E-state index contributed by atoms with van der Waals surface area (Å²) in [6, 6.07) is 0.185. The van der Waals surface area contributed by atoms with E-state index in [1.165, 1.54) is 0 Å². The average molecular weight is 255 g/mol. The van der Waals surface area contributed by atoms with Gasteiger partial charge in [0.2, 0.25) is 0 Å². The normalized spacial score (nSPS) is 13.2. The van der Waals surface area contributed by atoms with Crippen molar-refractivity contribution in [2.75, 3.05) is 20.3 Å². The van der Waals surface area contributed by atoms with Gasteiger partial charge in [0.15, 0.2) is 5.82 Å². The molecule has 1 unspecified atom stereocenters.